The molecule has 0 saturated carbocycles. The molecule has 2 aromatic rings. The Morgan fingerprint density at radius 1 is 1.21 bits per heavy atom. The average Bonchev–Trinajstić information content (AvgIpc) is 3.44. The number of carbonyl (C=O) groups is 1. The number of rotatable bonds is 8. The average molecular weight is 495 g/mol. The lowest BCUT2D eigenvalue weighted by molar-refractivity contribution is -0.0707. The fourth-order valence-electron chi connectivity index (χ4n) is 4.13. The lowest BCUT2D eigenvalue weighted by atomic mass is 10.2. The van der Waals surface area contributed by atoms with Gasteiger partial charge in [0, 0.05) is 43.7 Å². The van der Waals surface area contributed by atoms with Gasteiger partial charge in [-0.25, -0.2) is 18.1 Å². The van der Waals surface area contributed by atoms with Gasteiger partial charge in [-0.1, -0.05) is 0 Å². The molecule has 2 saturated heterocycles. The molecule has 2 aliphatic rings. The lowest BCUT2D eigenvalue weighted by Crippen LogP contribution is -2.44. The third kappa shape index (κ3) is 6.58. The normalized spacial score (nSPS) is 24.1. The van der Waals surface area contributed by atoms with Gasteiger partial charge in [-0.15, -0.1) is 11.3 Å². The molecule has 1 aromatic heterocycles. The van der Waals surface area contributed by atoms with Crippen molar-refractivity contribution in [2.24, 2.45) is 0 Å². The van der Waals surface area contributed by atoms with Gasteiger partial charge in [0.15, 0.2) is 5.13 Å². The number of hydrogen-bond acceptors (Lipinski definition) is 8. The number of carbonyl (C=O) groups excluding carboxylic acids is 1. The number of nitrogens with zero attached hydrogens (tertiary/aromatic N) is 2. The molecule has 2 fully saturated rings. The number of thiazole rings is 1. The van der Waals surface area contributed by atoms with Crippen LogP contribution in [0.5, 0.6) is 0 Å². The first-order chi connectivity index (χ1) is 15.8. The molecule has 9 nitrogen and oxygen atoms in total. The Hall–Kier alpha value is -1.89. The van der Waals surface area contributed by atoms with E-state index >= 15 is 0 Å². The molecular weight excluding hydrogens is 464 g/mol. The summed E-state index contributed by atoms with van der Waals surface area (Å²) >= 11 is 1.37. The van der Waals surface area contributed by atoms with Crippen LogP contribution in [0.4, 0.5) is 5.13 Å². The summed E-state index contributed by atoms with van der Waals surface area (Å²) < 4.78 is 38.8. The van der Waals surface area contributed by atoms with E-state index in [2.05, 4.69) is 33.8 Å². The maximum Gasteiger partial charge on any atom is 0.257 e. The highest BCUT2D eigenvalue weighted by Gasteiger charge is 2.23. The predicted molar refractivity (Wildman–Crippen MR) is 126 cm³/mol. The lowest BCUT2D eigenvalue weighted by Gasteiger charge is -2.34. The second-order valence-electron chi connectivity index (χ2n) is 8.56. The molecule has 3 atom stereocenters. The van der Waals surface area contributed by atoms with E-state index in [9.17, 15) is 13.2 Å². The van der Waals surface area contributed by atoms with Crippen molar-refractivity contribution in [3.8, 4) is 0 Å². The molecule has 1 amide bonds. The minimum absolute atomic E-state index is 0.0805. The highest BCUT2D eigenvalue weighted by atomic mass is 32.2. The van der Waals surface area contributed by atoms with Crippen LogP contribution in [-0.2, 0) is 26.0 Å². The molecular formula is C22H30N4O5S2. The molecule has 180 valence electrons. The Bertz CT molecular complexity index is 1040. The number of hydrogen-bond donors (Lipinski definition) is 2. The first kappa shape index (κ1) is 24.2. The van der Waals surface area contributed by atoms with E-state index in [0.717, 1.165) is 31.6 Å². The van der Waals surface area contributed by atoms with E-state index in [1.807, 2.05) is 5.38 Å². The minimum Gasteiger partial charge on any atom is -0.377 e. The minimum atomic E-state index is -3.65. The monoisotopic (exact) mass is 494 g/mol. The quantitative estimate of drug-likeness (QED) is 0.580. The molecule has 0 aliphatic carbocycles. The smallest absolute Gasteiger partial charge is 0.257 e. The van der Waals surface area contributed by atoms with E-state index < -0.39 is 10.0 Å². The topological polar surface area (TPSA) is 110 Å². The van der Waals surface area contributed by atoms with Gasteiger partial charge in [0.1, 0.15) is 0 Å². The van der Waals surface area contributed by atoms with E-state index in [4.69, 9.17) is 9.47 Å². The summed E-state index contributed by atoms with van der Waals surface area (Å²) in [5.74, 6) is -0.333. The van der Waals surface area contributed by atoms with Crippen LogP contribution in [0, 0.1) is 0 Å². The Morgan fingerprint density at radius 2 is 1.94 bits per heavy atom. The van der Waals surface area contributed by atoms with Crippen LogP contribution in [0.25, 0.3) is 0 Å². The molecule has 0 bridgehead atoms. The van der Waals surface area contributed by atoms with Crippen molar-refractivity contribution in [1.29, 1.82) is 0 Å². The van der Waals surface area contributed by atoms with Crippen LogP contribution in [0.1, 0.15) is 42.7 Å². The fourth-order valence-corrected chi connectivity index (χ4v) is 5.89. The highest BCUT2D eigenvalue weighted by molar-refractivity contribution is 7.89. The fraction of sp³-hybridized carbons (Fsp3) is 0.545. The third-order valence-corrected chi connectivity index (χ3v) is 7.85. The van der Waals surface area contributed by atoms with Gasteiger partial charge in [0.2, 0.25) is 10.0 Å². The zero-order chi connectivity index (χ0) is 23.4. The Kier molecular flexibility index (Phi) is 7.77. The zero-order valence-corrected chi connectivity index (χ0v) is 20.5. The summed E-state index contributed by atoms with van der Waals surface area (Å²) in [5, 5.41) is 5.25. The van der Waals surface area contributed by atoms with Crippen molar-refractivity contribution in [3.05, 3.63) is 40.9 Å². The van der Waals surface area contributed by atoms with E-state index in [1.165, 1.54) is 35.6 Å². The van der Waals surface area contributed by atoms with Crippen LogP contribution in [0.3, 0.4) is 0 Å². The maximum atomic E-state index is 12.6. The van der Waals surface area contributed by atoms with Crippen LogP contribution >= 0.6 is 11.3 Å². The van der Waals surface area contributed by atoms with Crippen molar-refractivity contribution in [3.63, 3.8) is 0 Å². The van der Waals surface area contributed by atoms with Gasteiger partial charge in [-0.2, -0.15) is 0 Å². The number of amides is 1. The van der Waals surface area contributed by atoms with Crippen molar-refractivity contribution >= 4 is 32.4 Å². The van der Waals surface area contributed by atoms with Gasteiger partial charge < -0.3 is 9.47 Å². The van der Waals surface area contributed by atoms with Crippen molar-refractivity contribution in [1.82, 2.24) is 14.6 Å². The third-order valence-electron chi connectivity index (χ3n) is 5.60. The summed E-state index contributed by atoms with van der Waals surface area (Å²) in [7, 11) is -3.65. The van der Waals surface area contributed by atoms with E-state index in [1.54, 1.807) is 0 Å². The zero-order valence-electron chi connectivity index (χ0n) is 18.8. The number of ether oxygens (including phenoxy) is 2. The van der Waals surface area contributed by atoms with Crippen molar-refractivity contribution in [2.45, 2.75) is 56.4 Å². The van der Waals surface area contributed by atoms with Crippen LogP contribution in [0.2, 0.25) is 0 Å². The summed E-state index contributed by atoms with van der Waals surface area (Å²) in [6.45, 7) is 7.44. The molecule has 33 heavy (non-hydrogen) atoms. The van der Waals surface area contributed by atoms with Gasteiger partial charge in [0.05, 0.1) is 28.9 Å². The van der Waals surface area contributed by atoms with Crippen LogP contribution in [0.15, 0.2) is 34.5 Å². The molecule has 3 heterocycles. The van der Waals surface area contributed by atoms with Crippen molar-refractivity contribution in [2.75, 3.05) is 31.6 Å². The first-order valence-corrected chi connectivity index (χ1v) is 13.5. The number of aromatic nitrogens is 1. The summed E-state index contributed by atoms with van der Waals surface area (Å²) in [4.78, 5) is 19.5. The van der Waals surface area contributed by atoms with Gasteiger partial charge in [0.25, 0.3) is 5.91 Å². The number of nitrogens with one attached hydrogen (secondary N) is 2. The van der Waals surface area contributed by atoms with E-state index in [-0.39, 0.29) is 35.7 Å². The molecule has 3 unspecified atom stereocenters. The van der Waals surface area contributed by atoms with Gasteiger partial charge in [-0.3, -0.25) is 15.0 Å². The van der Waals surface area contributed by atoms with Crippen LogP contribution < -0.4 is 10.0 Å². The largest absolute Gasteiger partial charge is 0.377 e. The predicted octanol–water partition coefficient (Wildman–Crippen LogP) is 2.46. The highest BCUT2D eigenvalue weighted by Crippen LogP contribution is 2.20. The second-order valence-corrected chi connectivity index (χ2v) is 11.2. The Morgan fingerprint density at radius 3 is 2.61 bits per heavy atom. The van der Waals surface area contributed by atoms with Gasteiger partial charge >= 0.3 is 0 Å². The molecule has 4 rings (SSSR count). The number of sulfonamides is 1. The number of benzene rings is 1. The molecule has 11 heteroatoms. The Labute approximate surface area is 198 Å². The standard InChI is InChI=1S/C22H30N4O5S2/c1-15-11-26(12-16(2)31-15)13-18-14-32-22(24-18)25-21(27)17-5-7-20(8-6-17)33(28,29)23-10-19-4-3-9-30-19/h5-8,14-16,19,23H,3-4,9-13H2,1-2H3,(H,24,25,27). The first-order valence-electron chi connectivity index (χ1n) is 11.1. The number of anilines is 1. The van der Waals surface area contributed by atoms with E-state index in [0.29, 0.717) is 23.8 Å². The van der Waals surface area contributed by atoms with Gasteiger partial charge in [-0.05, 0) is 51.0 Å². The molecule has 2 aliphatic heterocycles. The molecule has 0 spiro atoms. The second kappa shape index (κ2) is 10.6. The molecule has 0 radical (unpaired) electrons. The Balaban J connectivity index is 1.31. The molecule has 1 aromatic carbocycles. The summed E-state index contributed by atoms with van der Waals surface area (Å²) in [5.41, 5.74) is 1.26. The summed E-state index contributed by atoms with van der Waals surface area (Å²) in [6, 6.07) is 5.86. The molecule has 2 N–H and O–H groups in total. The SMILES string of the molecule is CC1CN(Cc2csc(NC(=O)c3ccc(S(=O)(=O)NCC4CCCO4)cc3)n2)CC(C)O1. The maximum absolute atomic E-state index is 12.6. The number of morpholine rings is 1. The van der Waals surface area contributed by atoms with Crippen LogP contribution in [-0.4, -0.2) is 68.8 Å². The van der Waals surface area contributed by atoms with Crippen molar-refractivity contribution < 1.29 is 22.7 Å². The summed E-state index contributed by atoms with van der Waals surface area (Å²) in [6.07, 6.45) is 2.09.